The summed E-state index contributed by atoms with van der Waals surface area (Å²) in [7, 11) is 0. The fraction of sp³-hybridized carbons (Fsp3) is 0.476. The minimum Gasteiger partial charge on any atom is -0.394 e. The molecule has 0 aromatic heterocycles. The van der Waals surface area contributed by atoms with Crippen LogP contribution in [0.15, 0.2) is 42.1 Å². The average Bonchev–Trinajstić information content (AvgIpc) is 3.17. The number of amides is 3. The maximum absolute atomic E-state index is 13.3. The highest BCUT2D eigenvalue weighted by molar-refractivity contribution is 6.76. The topological polar surface area (TPSA) is 154 Å². The van der Waals surface area contributed by atoms with Crippen LogP contribution in [-0.4, -0.2) is 73.9 Å². The van der Waals surface area contributed by atoms with E-state index < -0.39 is 52.2 Å². The van der Waals surface area contributed by atoms with Crippen molar-refractivity contribution in [3.8, 4) is 0 Å². The first-order valence-electron chi connectivity index (χ1n) is 10.5. The lowest BCUT2D eigenvalue weighted by molar-refractivity contribution is -0.120. The molecule has 3 amide bonds. The number of carbonyl (C=O) groups is 3. The molecule has 1 aromatic rings. The maximum Gasteiger partial charge on any atom is 0.325 e. The second-order valence-corrected chi connectivity index (χ2v) is 10.2. The van der Waals surface area contributed by atoms with Crippen molar-refractivity contribution in [1.29, 1.82) is 0 Å². The lowest BCUT2D eigenvalue weighted by Crippen LogP contribution is -2.68. The number of rotatable bonds is 8. The van der Waals surface area contributed by atoms with Crippen molar-refractivity contribution in [2.24, 2.45) is 5.73 Å². The summed E-state index contributed by atoms with van der Waals surface area (Å²) in [4.78, 5) is 39.2. The van der Waals surface area contributed by atoms with Gasteiger partial charge in [0.25, 0.3) is 9.70 Å². The molecule has 1 saturated heterocycles. The zero-order valence-corrected chi connectivity index (χ0v) is 20.2. The minimum absolute atomic E-state index is 0.0614. The lowest BCUT2D eigenvalue weighted by atomic mass is 9.87. The van der Waals surface area contributed by atoms with E-state index in [1.54, 1.807) is 30.3 Å². The maximum atomic E-state index is 13.3. The summed E-state index contributed by atoms with van der Waals surface area (Å²) in [6.07, 6.45) is -0.724. The second-order valence-electron chi connectivity index (χ2n) is 7.97. The fourth-order valence-corrected chi connectivity index (χ4v) is 3.97. The van der Waals surface area contributed by atoms with E-state index >= 15 is 0 Å². The van der Waals surface area contributed by atoms with E-state index in [-0.39, 0.29) is 19.4 Å². The van der Waals surface area contributed by atoms with Crippen LogP contribution in [0.5, 0.6) is 0 Å². The number of alkyl halides is 3. The first-order valence-corrected chi connectivity index (χ1v) is 11.6. The molecule has 186 valence electrons. The number of carbonyl (C=O) groups excluding carboxylic acids is 3. The highest BCUT2D eigenvalue weighted by atomic mass is 35.6. The zero-order chi connectivity index (χ0) is 25.1. The van der Waals surface area contributed by atoms with Crippen molar-refractivity contribution in [2.75, 3.05) is 13.2 Å². The van der Waals surface area contributed by atoms with Crippen LogP contribution in [0.25, 0.3) is 0 Å². The van der Waals surface area contributed by atoms with Gasteiger partial charge in [0.15, 0.2) is 5.66 Å². The van der Waals surface area contributed by atoms with E-state index in [9.17, 15) is 24.6 Å². The Labute approximate surface area is 211 Å². The number of Topliss-reactive ketones (excluding diaryl/α,β-unsaturated/α-hetero) is 1. The Morgan fingerprint density at radius 2 is 1.97 bits per heavy atom. The van der Waals surface area contributed by atoms with Crippen LogP contribution in [-0.2, 0) is 9.53 Å². The number of aliphatic hydroxyl groups is 2. The standard InChI is InChI=1S/C21H25Cl3N4O6/c22-21(23,24)18(32)26-8-4-7-13-10-28(16-9-14(30)15(11-29)34-16)19(33)27-20(13,25)17(31)12-5-2-1-3-6-12/h1-3,5-6,10,14-16,29-30H,4,7-9,11,25H2,(H,26,32)(H,27,33)/t14-,15+,16+,20?/m0/s1. The molecule has 0 saturated carbocycles. The first-order chi connectivity index (χ1) is 16.0. The van der Waals surface area contributed by atoms with Gasteiger partial charge in [-0.3, -0.25) is 20.2 Å². The molecule has 2 heterocycles. The number of urea groups is 1. The smallest absolute Gasteiger partial charge is 0.325 e. The summed E-state index contributed by atoms with van der Waals surface area (Å²) in [5, 5.41) is 24.4. The molecule has 3 rings (SSSR count). The van der Waals surface area contributed by atoms with Crippen LogP contribution < -0.4 is 16.4 Å². The molecular formula is C21H25Cl3N4O6. The normalized spacial score (nSPS) is 27.2. The Kier molecular flexibility index (Phi) is 8.46. The van der Waals surface area contributed by atoms with Gasteiger partial charge in [0, 0.05) is 24.7 Å². The molecule has 4 atom stereocenters. The summed E-state index contributed by atoms with van der Waals surface area (Å²) >= 11 is 16.6. The molecule has 0 bridgehead atoms. The number of nitrogens with zero attached hydrogens (tertiary/aromatic N) is 1. The van der Waals surface area contributed by atoms with Crippen LogP contribution in [0.4, 0.5) is 4.79 Å². The molecule has 1 fully saturated rings. The monoisotopic (exact) mass is 534 g/mol. The molecule has 1 aromatic carbocycles. The van der Waals surface area contributed by atoms with Gasteiger partial charge >= 0.3 is 6.03 Å². The number of benzene rings is 1. The van der Waals surface area contributed by atoms with E-state index in [2.05, 4.69) is 10.6 Å². The number of aliphatic hydroxyl groups excluding tert-OH is 2. The van der Waals surface area contributed by atoms with Crippen LogP contribution in [0.2, 0.25) is 0 Å². The van der Waals surface area contributed by atoms with Gasteiger partial charge in [-0.05, 0) is 18.4 Å². The molecule has 1 unspecified atom stereocenters. The predicted molar refractivity (Wildman–Crippen MR) is 125 cm³/mol. The predicted octanol–water partition coefficient (Wildman–Crippen LogP) is 1.17. The van der Waals surface area contributed by atoms with Gasteiger partial charge in [0.1, 0.15) is 12.3 Å². The van der Waals surface area contributed by atoms with Gasteiger partial charge in [0.2, 0.25) is 5.78 Å². The van der Waals surface area contributed by atoms with E-state index in [0.29, 0.717) is 17.6 Å². The number of nitrogens with one attached hydrogen (secondary N) is 2. The molecule has 10 nitrogen and oxygen atoms in total. The lowest BCUT2D eigenvalue weighted by Gasteiger charge is -2.40. The third-order valence-electron chi connectivity index (χ3n) is 5.59. The molecule has 34 heavy (non-hydrogen) atoms. The van der Waals surface area contributed by atoms with Crippen molar-refractivity contribution in [2.45, 2.75) is 47.2 Å². The number of halogens is 3. The van der Waals surface area contributed by atoms with Gasteiger partial charge in [-0.1, -0.05) is 65.1 Å². The van der Waals surface area contributed by atoms with Gasteiger partial charge in [-0.15, -0.1) is 0 Å². The number of hydrogen-bond acceptors (Lipinski definition) is 7. The zero-order valence-electron chi connectivity index (χ0n) is 17.9. The van der Waals surface area contributed by atoms with Crippen LogP contribution in [0.3, 0.4) is 0 Å². The van der Waals surface area contributed by atoms with Gasteiger partial charge in [0.05, 0.1) is 12.7 Å². The highest BCUT2D eigenvalue weighted by Gasteiger charge is 2.47. The molecule has 0 radical (unpaired) electrons. The third-order valence-corrected chi connectivity index (χ3v) is 6.11. The van der Waals surface area contributed by atoms with Crippen molar-refractivity contribution >= 4 is 52.5 Å². The fourth-order valence-electron chi connectivity index (χ4n) is 3.77. The molecule has 2 aliphatic heterocycles. The molecule has 0 aliphatic carbocycles. The summed E-state index contributed by atoms with van der Waals surface area (Å²) in [5.74, 6) is -1.33. The average molecular weight is 536 g/mol. The molecule has 0 spiro atoms. The van der Waals surface area contributed by atoms with E-state index in [1.165, 1.54) is 11.1 Å². The number of ketones is 1. The summed E-state index contributed by atoms with van der Waals surface area (Å²) in [6, 6.07) is 7.55. The van der Waals surface area contributed by atoms with Gasteiger partial charge in [-0.25, -0.2) is 4.79 Å². The summed E-state index contributed by atoms with van der Waals surface area (Å²) in [6.45, 7) is -0.307. The third kappa shape index (κ3) is 5.83. The van der Waals surface area contributed by atoms with Crippen LogP contribution >= 0.6 is 34.8 Å². The second kappa shape index (κ2) is 10.8. The Morgan fingerprint density at radius 1 is 1.29 bits per heavy atom. The SMILES string of the molecule is NC1(C(=O)c2ccccc2)NC(=O)N([C@H]2C[C@H](O)[C@@H](CO)O2)C=C1CCCNC(=O)C(Cl)(Cl)Cl. The van der Waals surface area contributed by atoms with Gasteiger partial charge in [-0.2, -0.15) is 0 Å². The van der Waals surface area contributed by atoms with Gasteiger partial charge < -0.3 is 25.6 Å². The highest BCUT2D eigenvalue weighted by Crippen LogP contribution is 2.31. The van der Waals surface area contributed by atoms with Crippen molar-refractivity contribution in [3.05, 3.63) is 47.7 Å². The van der Waals surface area contributed by atoms with Crippen LogP contribution in [0.1, 0.15) is 29.6 Å². The summed E-state index contributed by atoms with van der Waals surface area (Å²) < 4.78 is 3.47. The van der Waals surface area contributed by atoms with E-state index in [0.717, 1.165) is 0 Å². The Balaban J connectivity index is 1.84. The quantitative estimate of drug-likeness (QED) is 0.190. The first kappa shape index (κ1) is 26.7. The molecule has 13 heteroatoms. The minimum atomic E-state index is -2.11. The summed E-state index contributed by atoms with van der Waals surface area (Å²) in [5.41, 5.74) is 5.24. The molecular weight excluding hydrogens is 511 g/mol. The Bertz CT molecular complexity index is 958. The Morgan fingerprint density at radius 3 is 2.56 bits per heavy atom. The largest absolute Gasteiger partial charge is 0.394 e. The van der Waals surface area contributed by atoms with E-state index in [4.69, 9.17) is 45.3 Å². The Hall–Kier alpha value is -1.92. The number of hydrogen-bond donors (Lipinski definition) is 5. The number of ether oxygens (including phenoxy) is 1. The van der Waals surface area contributed by atoms with E-state index in [1.807, 2.05) is 0 Å². The molecule has 2 aliphatic rings. The van der Waals surface area contributed by atoms with Crippen molar-refractivity contribution in [1.82, 2.24) is 15.5 Å². The van der Waals surface area contributed by atoms with Crippen molar-refractivity contribution < 1.29 is 29.3 Å². The number of nitrogens with two attached hydrogens (primary N) is 1. The van der Waals surface area contributed by atoms with Crippen molar-refractivity contribution in [3.63, 3.8) is 0 Å². The van der Waals surface area contributed by atoms with Crippen LogP contribution in [0, 0.1) is 0 Å². The molecule has 6 N–H and O–H groups in total.